The fourth-order valence-electron chi connectivity index (χ4n) is 9.20. The first-order chi connectivity index (χ1) is 14.8. The van der Waals surface area contributed by atoms with E-state index in [2.05, 4.69) is 27.7 Å². The van der Waals surface area contributed by atoms with Crippen molar-refractivity contribution < 1.29 is 20.4 Å². The van der Waals surface area contributed by atoms with Crippen LogP contribution < -0.4 is 0 Å². The molecule has 4 rings (SSSR count). The van der Waals surface area contributed by atoms with E-state index in [0.717, 1.165) is 57.8 Å². The largest absolute Gasteiger partial charge is 0.393 e. The normalized spacial score (nSPS) is 50.8. The summed E-state index contributed by atoms with van der Waals surface area (Å²) >= 11 is 0. The molecular weight excluding hydrogens is 400 g/mol. The zero-order valence-electron chi connectivity index (χ0n) is 21.4. The molecule has 0 bridgehead atoms. The van der Waals surface area contributed by atoms with Gasteiger partial charge in [-0.3, -0.25) is 0 Å². The first-order valence-corrected chi connectivity index (χ1v) is 13.6. The van der Waals surface area contributed by atoms with Gasteiger partial charge in [0.1, 0.15) is 0 Å². The molecule has 4 heteroatoms. The minimum atomic E-state index is -0.648. The van der Waals surface area contributed by atoms with E-state index >= 15 is 0 Å². The summed E-state index contributed by atoms with van der Waals surface area (Å²) in [5, 5.41) is 43.7. The van der Waals surface area contributed by atoms with Gasteiger partial charge in [0.05, 0.1) is 23.9 Å². The summed E-state index contributed by atoms with van der Waals surface area (Å²) in [5.41, 5.74) is -0.640. The van der Waals surface area contributed by atoms with Gasteiger partial charge in [0, 0.05) is 0 Å². The van der Waals surface area contributed by atoms with Crippen LogP contribution in [0, 0.1) is 52.3 Å². The highest BCUT2D eigenvalue weighted by atomic mass is 16.3. The number of rotatable bonds is 5. The second kappa shape index (κ2) is 8.50. The summed E-state index contributed by atoms with van der Waals surface area (Å²) in [6, 6.07) is 0. The molecule has 0 aromatic rings. The van der Waals surface area contributed by atoms with E-state index in [0.29, 0.717) is 29.6 Å². The van der Waals surface area contributed by atoms with Crippen molar-refractivity contribution in [3.63, 3.8) is 0 Å². The lowest BCUT2D eigenvalue weighted by atomic mass is 9.43. The van der Waals surface area contributed by atoms with E-state index in [1.807, 2.05) is 13.8 Å². The molecule has 12 atom stereocenters. The molecule has 4 nitrogen and oxygen atoms in total. The van der Waals surface area contributed by atoms with Gasteiger partial charge < -0.3 is 20.4 Å². The summed E-state index contributed by atoms with van der Waals surface area (Å²) in [7, 11) is 0. The third-order valence-corrected chi connectivity index (χ3v) is 11.8. The topological polar surface area (TPSA) is 80.9 Å². The Morgan fingerprint density at radius 2 is 1.59 bits per heavy atom. The van der Waals surface area contributed by atoms with E-state index in [4.69, 9.17) is 0 Å². The number of aliphatic hydroxyl groups is 4. The molecule has 0 spiro atoms. The summed E-state index contributed by atoms with van der Waals surface area (Å²) in [5.74, 6) is 2.65. The molecule has 0 saturated heterocycles. The second-order valence-corrected chi connectivity index (χ2v) is 13.6. The molecule has 4 saturated carbocycles. The molecule has 0 aromatic heterocycles. The molecule has 4 aliphatic carbocycles. The molecule has 0 radical (unpaired) electrons. The van der Waals surface area contributed by atoms with Crippen molar-refractivity contribution in [1.82, 2.24) is 0 Å². The van der Waals surface area contributed by atoms with Crippen LogP contribution >= 0.6 is 0 Å². The van der Waals surface area contributed by atoms with Gasteiger partial charge >= 0.3 is 0 Å². The van der Waals surface area contributed by atoms with Crippen molar-refractivity contribution >= 4 is 0 Å². The Kier molecular flexibility index (Phi) is 6.63. The SMILES string of the molecule is C[C@H](CC[C@@H](C)C(C)(C)O)[C@@H]1CC[C@H]2[C@@H]3[C@H](O)C[C@@H]4C[C@H](O)CC[C@@]4(C)[C@@H]3C[C@H](O)[C@@]21C. The molecule has 32 heavy (non-hydrogen) atoms. The van der Waals surface area contributed by atoms with Crippen LogP contribution in [0.5, 0.6) is 0 Å². The highest BCUT2D eigenvalue weighted by Gasteiger charge is 2.65. The maximum Gasteiger partial charge on any atom is 0.0617 e. The highest BCUT2D eigenvalue weighted by Crippen LogP contribution is 2.68. The molecule has 4 N–H and O–H groups in total. The number of hydrogen-bond donors (Lipinski definition) is 4. The molecule has 0 aliphatic heterocycles. The van der Waals surface area contributed by atoms with Gasteiger partial charge in [0.15, 0.2) is 0 Å². The van der Waals surface area contributed by atoms with Crippen molar-refractivity contribution in [2.24, 2.45) is 52.3 Å². The van der Waals surface area contributed by atoms with Crippen molar-refractivity contribution in [3.05, 3.63) is 0 Å². The number of aliphatic hydroxyl groups excluding tert-OH is 3. The Morgan fingerprint density at radius 1 is 0.906 bits per heavy atom. The van der Waals surface area contributed by atoms with E-state index in [1.54, 1.807) is 0 Å². The Morgan fingerprint density at radius 3 is 2.25 bits per heavy atom. The van der Waals surface area contributed by atoms with Crippen LogP contribution in [0.2, 0.25) is 0 Å². The summed E-state index contributed by atoms with van der Waals surface area (Å²) in [6.07, 6.45) is 7.84. The van der Waals surface area contributed by atoms with Crippen molar-refractivity contribution in [2.75, 3.05) is 0 Å². The molecule has 0 aromatic carbocycles. The Balaban J connectivity index is 1.54. The first-order valence-electron chi connectivity index (χ1n) is 13.6. The van der Waals surface area contributed by atoms with Gasteiger partial charge in [-0.1, -0.05) is 34.1 Å². The summed E-state index contributed by atoms with van der Waals surface area (Å²) < 4.78 is 0. The maximum absolute atomic E-state index is 11.7. The molecule has 4 aliphatic rings. The minimum absolute atomic E-state index is 0.128. The molecule has 0 amide bonds. The molecule has 4 fully saturated rings. The lowest BCUT2D eigenvalue weighted by Crippen LogP contribution is -2.62. The zero-order valence-corrected chi connectivity index (χ0v) is 21.4. The van der Waals surface area contributed by atoms with E-state index in [1.165, 1.54) is 0 Å². The van der Waals surface area contributed by atoms with Crippen molar-refractivity contribution in [2.45, 2.75) is 123 Å². The van der Waals surface area contributed by atoms with Crippen LogP contribution in [0.1, 0.15) is 99.3 Å². The van der Waals surface area contributed by atoms with E-state index < -0.39 is 5.60 Å². The quantitative estimate of drug-likeness (QED) is 0.486. The lowest BCUT2D eigenvalue weighted by molar-refractivity contribution is -0.207. The highest BCUT2D eigenvalue weighted by molar-refractivity contribution is 5.14. The molecule has 0 heterocycles. The average Bonchev–Trinajstić information content (AvgIpc) is 3.06. The van der Waals surface area contributed by atoms with Crippen LogP contribution in [-0.4, -0.2) is 44.3 Å². The Bertz CT molecular complexity index is 673. The van der Waals surface area contributed by atoms with Gasteiger partial charge in [0.2, 0.25) is 0 Å². The predicted molar refractivity (Wildman–Crippen MR) is 128 cm³/mol. The van der Waals surface area contributed by atoms with Crippen molar-refractivity contribution in [1.29, 1.82) is 0 Å². The Labute approximate surface area is 196 Å². The predicted octanol–water partition coefficient (Wildman–Crippen LogP) is 4.77. The van der Waals surface area contributed by atoms with Crippen LogP contribution in [0.4, 0.5) is 0 Å². The minimum Gasteiger partial charge on any atom is -0.393 e. The third kappa shape index (κ3) is 3.89. The molecule has 0 unspecified atom stereocenters. The fraction of sp³-hybridized carbons (Fsp3) is 1.00. The van der Waals surface area contributed by atoms with E-state index in [-0.39, 0.29) is 41.0 Å². The van der Waals surface area contributed by atoms with E-state index in [9.17, 15) is 20.4 Å². The van der Waals surface area contributed by atoms with Crippen LogP contribution in [0.25, 0.3) is 0 Å². The second-order valence-electron chi connectivity index (χ2n) is 13.6. The van der Waals surface area contributed by atoms with Crippen LogP contribution in [-0.2, 0) is 0 Å². The number of hydrogen-bond acceptors (Lipinski definition) is 4. The zero-order chi connectivity index (χ0) is 23.6. The summed E-state index contributed by atoms with van der Waals surface area (Å²) in [4.78, 5) is 0. The maximum atomic E-state index is 11.7. The standard InChI is InChI=1S/C28H50O4/c1-16(7-8-17(2)26(3,4)32)20-9-10-21-25-22(15-24(31)28(20,21)6)27(5)12-11-19(29)13-18(27)14-23(25)30/h16-25,29-32H,7-15H2,1-6H3/t16-,17-,18+,19-,20+,21+,22-,23-,24+,25+,27-,28-/m1/s1. The molecular formula is C28H50O4. The average molecular weight is 451 g/mol. The van der Waals surface area contributed by atoms with Crippen LogP contribution in [0.3, 0.4) is 0 Å². The Hall–Kier alpha value is -0.160. The molecule has 186 valence electrons. The monoisotopic (exact) mass is 450 g/mol. The number of fused-ring (bicyclic) bond motifs is 5. The third-order valence-electron chi connectivity index (χ3n) is 11.8. The van der Waals surface area contributed by atoms with Crippen molar-refractivity contribution in [3.8, 4) is 0 Å². The van der Waals surface area contributed by atoms with Gasteiger partial charge in [0.25, 0.3) is 0 Å². The first kappa shape index (κ1) is 24.9. The van der Waals surface area contributed by atoms with Gasteiger partial charge in [-0.2, -0.15) is 0 Å². The lowest BCUT2D eigenvalue weighted by Gasteiger charge is -2.63. The smallest absolute Gasteiger partial charge is 0.0617 e. The van der Waals surface area contributed by atoms with Gasteiger partial charge in [-0.15, -0.1) is 0 Å². The fourth-order valence-corrected chi connectivity index (χ4v) is 9.20. The van der Waals surface area contributed by atoms with Gasteiger partial charge in [-0.05, 0) is 117 Å². The summed E-state index contributed by atoms with van der Waals surface area (Å²) in [6.45, 7) is 13.0. The van der Waals surface area contributed by atoms with Gasteiger partial charge in [-0.25, -0.2) is 0 Å². The van der Waals surface area contributed by atoms with Crippen LogP contribution in [0.15, 0.2) is 0 Å².